The fraction of sp³-hybridized carbons (Fsp3) is 0. The first kappa shape index (κ1) is 14.2. The second kappa shape index (κ2) is 6.01. The minimum absolute atomic E-state index is 0.166. The smallest absolute Gasteiger partial charge is 0.182 e. The summed E-state index contributed by atoms with van der Waals surface area (Å²) in [4.78, 5) is 4.71. The highest BCUT2D eigenvalue weighted by atomic mass is 16.3. The Morgan fingerprint density at radius 1 is 0.667 bits per heavy atom. The highest BCUT2D eigenvalue weighted by Crippen LogP contribution is 2.28. The van der Waals surface area contributed by atoms with Crippen LogP contribution in [0.2, 0.25) is 0 Å². The zero-order chi connectivity index (χ0) is 16.4. The molecule has 0 atom stereocenters. The Hall–Kier alpha value is -3.40. The number of aromatic nitrogens is 3. The minimum atomic E-state index is 0.166. The van der Waals surface area contributed by atoms with Crippen molar-refractivity contribution < 1.29 is 5.11 Å². The number of phenolic OH excluding ortho intramolecular Hbond substituents is 1. The minimum Gasteiger partial charge on any atom is -0.506 e. The molecule has 4 nitrogen and oxygen atoms in total. The van der Waals surface area contributed by atoms with E-state index in [1.54, 1.807) is 16.8 Å². The van der Waals surface area contributed by atoms with Gasteiger partial charge in [0.05, 0.1) is 0 Å². The molecule has 4 heteroatoms. The molecule has 1 heterocycles. The van der Waals surface area contributed by atoms with Crippen LogP contribution in [0.3, 0.4) is 0 Å². The van der Waals surface area contributed by atoms with Crippen molar-refractivity contribution in [2.45, 2.75) is 0 Å². The zero-order valence-electron chi connectivity index (χ0n) is 12.9. The van der Waals surface area contributed by atoms with Crippen molar-refractivity contribution in [1.82, 2.24) is 14.8 Å². The van der Waals surface area contributed by atoms with E-state index in [0.29, 0.717) is 17.3 Å². The summed E-state index contributed by atoms with van der Waals surface area (Å²) < 4.78 is 1.69. The van der Waals surface area contributed by atoms with Gasteiger partial charge in [0, 0.05) is 11.1 Å². The van der Waals surface area contributed by atoms with Gasteiger partial charge in [-0.3, -0.25) is 0 Å². The summed E-state index contributed by atoms with van der Waals surface area (Å²) in [6, 6.07) is 26.8. The van der Waals surface area contributed by atoms with E-state index < -0.39 is 0 Å². The Kier molecular flexibility index (Phi) is 3.56. The molecule has 0 amide bonds. The lowest BCUT2D eigenvalue weighted by Gasteiger charge is -2.07. The SMILES string of the molecule is Oc1ccccc1-n1nc(-c2ccccc2)nc1-c1ccccc1. The molecule has 116 valence electrons. The van der Waals surface area contributed by atoms with Gasteiger partial charge >= 0.3 is 0 Å². The lowest BCUT2D eigenvalue weighted by Crippen LogP contribution is -2.00. The van der Waals surface area contributed by atoms with Crippen LogP contribution >= 0.6 is 0 Å². The fourth-order valence-corrected chi connectivity index (χ4v) is 2.61. The normalized spacial score (nSPS) is 10.7. The maximum atomic E-state index is 10.2. The average Bonchev–Trinajstić information content (AvgIpc) is 3.09. The second-order valence-corrected chi connectivity index (χ2v) is 5.39. The standard InChI is InChI=1S/C20H15N3O/c24-18-14-8-7-13-17(18)23-20(16-11-5-2-6-12-16)21-19(22-23)15-9-3-1-4-10-15/h1-14,24H. The van der Waals surface area contributed by atoms with Crippen LogP contribution in [-0.2, 0) is 0 Å². The van der Waals surface area contributed by atoms with E-state index in [2.05, 4.69) is 5.10 Å². The van der Waals surface area contributed by atoms with Crippen LogP contribution in [0.25, 0.3) is 28.5 Å². The molecular formula is C20H15N3O. The fourth-order valence-electron chi connectivity index (χ4n) is 2.61. The molecule has 0 aliphatic heterocycles. The Labute approximate surface area is 139 Å². The molecular weight excluding hydrogens is 298 g/mol. The van der Waals surface area contributed by atoms with Crippen LogP contribution in [0.4, 0.5) is 0 Å². The number of hydrogen-bond donors (Lipinski definition) is 1. The monoisotopic (exact) mass is 313 g/mol. The van der Waals surface area contributed by atoms with Gasteiger partial charge < -0.3 is 5.11 Å². The van der Waals surface area contributed by atoms with Crippen molar-refractivity contribution in [2.75, 3.05) is 0 Å². The summed E-state index contributed by atoms with van der Waals surface area (Å²) in [5.41, 5.74) is 2.48. The summed E-state index contributed by atoms with van der Waals surface area (Å²) in [7, 11) is 0. The van der Waals surface area contributed by atoms with Gasteiger partial charge in [0.2, 0.25) is 0 Å². The zero-order valence-corrected chi connectivity index (χ0v) is 12.9. The molecule has 4 aromatic rings. The highest BCUT2D eigenvalue weighted by Gasteiger charge is 2.16. The number of benzene rings is 3. The maximum Gasteiger partial charge on any atom is 0.182 e. The first-order valence-corrected chi connectivity index (χ1v) is 7.69. The van der Waals surface area contributed by atoms with E-state index in [-0.39, 0.29) is 5.75 Å². The first-order valence-electron chi connectivity index (χ1n) is 7.69. The van der Waals surface area contributed by atoms with Crippen LogP contribution in [0, 0.1) is 0 Å². The predicted molar refractivity (Wildman–Crippen MR) is 93.9 cm³/mol. The summed E-state index contributed by atoms with van der Waals surface area (Å²) in [6.07, 6.45) is 0. The van der Waals surface area contributed by atoms with Crippen molar-refractivity contribution in [3.63, 3.8) is 0 Å². The molecule has 0 fully saturated rings. The van der Waals surface area contributed by atoms with Crippen LogP contribution in [-0.4, -0.2) is 19.9 Å². The van der Waals surface area contributed by atoms with Crippen molar-refractivity contribution in [2.24, 2.45) is 0 Å². The van der Waals surface area contributed by atoms with E-state index in [1.807, 2.05) is 72.8 Å². The van der Waals surface area contributed by atoms with E-state index in [0.717, 1.165) is 11.1 Å². The second-order valence-electron chi connectivity index (χ2n) is 5.39. The van der Waals surface area contributed by atoms with Crippen molar-refractivity contribution in [3.8, 4) is 34.2 Å². The molecule has 4 rings (SSSR count). The topological polar surface area (TPSA) is 50.9 Å². The molecule has 1 N–H and O–H groups in total. The van der Waals surface area contributed by atoms with Gasteiger partial charge in [-0.05, 0) is 12.1 Å². The summed E-state index contributed by atoms with van der Waals surface area (Å²) >= 11 is 0. The van der Waals surface area contributed by atoms with Crippen molar-refractivity contribution >= 4 is 0 Å². The molecule has 0 unspecified atom stereocenters. The lowest BCUT2D eigenvalue weighted by molar-refractivity contribution is 0.470. The third-order valence-electron chi connectivity index (χ3n) is 3.78. The molecule has 0 saturated heterocycles. The summed E-state index contributed by atoms with van der Waals surface area (Å²) in [6.45, 7) is 0. The lowest BCUT2D eigenvalue weighted by atomic mass is 10.2. The number of phenols is 1. The molecule has 0 saturated carbocycles. The highest BCUT2D eigenvalue weighted by molar-refractivity contribution is 5.64. The van der Waals surface area contributed by atoms with Gasteiger partial charge in [-0.25, -0.2) is 9.67 Å². The van der Waals surface area contributed by atoms with Gasteiger partial charge in [0.1, 0.15) is 11.4 Å². The van der Waals surface area contributed by atoms with Gasteiger partial charge in [0.25, 0.3) is 0 Å². The van der Waals surface area contributed by atoms with Crippen LogP contribution in [0.1, 0.15) is 0 Å². The Morgan fingerprint density at radius 3 is 1.92 bits per heavy atom. The van der Waals surface area contributed by atoms with Crippen molar-refractivity contribution in [3.05, 3.63) is 84.9 Å². The van der Waals surface area contributed by atoms with E-state index in [1.165, 1.54) is 0 Å². The molecule has 0 aliphatic rings. The van der Waals surface area contributed by atoms with E-state index in [4.69, 9.17) is 4.98 Å². The Balaban J connectivity index is 1.94. The quantitative estimate of drug-likeness (QED) is 0.613. The van der Waals surface area contributed by atoms with Crippen LogP contribution in [0.5, 0.6) is 5.75 Å². The number of hydrogen-bond acceptors (Lipinski definition) is 3. The Bertz CT molecular complexity index is 963. The maximum absolute atomic E-state index is 10.2. The molecule has 0 aliphatic carbocycles. The van der Waals surface area contributed by atoms with Crippen LogP contribution in [0.15, 0.2) is 84.9 Å². The van der Waals surface area contributed by atoms with E-state index in [9.17, 15) is 5.11 Å². The molecule has 1 aromatic heterocycles. The molecule has 0 radical (unpaired) electrons. The molecule has 3 aromatic carbocycles. The van der Waals surface area contributed by atoms with Gasteiger partial charge in [-0.1, -0.05) is 72.8 Å². The number of rotatable bonds is 3. The number of aromatic hydroxyl groups is 1. The summed E-state index contributed by atoms with van der Waals surface area (Å²) in [5, 5.41) is 14.9. The van der Waals surface area contributed by atoms with Crippen LogP contribution < -0.4 is 0 Å². The third-order valence-corrected chi connectivity index (χ3v) is 3.78. The largest absolute Gasteiger partial charge is 0.506 e. The molecule has 24 heavy (non-hydrogen) atoms. The summed E-state index contributed by atoms with van der Waals surface area (Å²) in [5.74, 6) is 1.48. The Morgan fingerprint density at radius 2 is 1.25 bits per heavy atom. The van der Waals surface area contributed by atoms with E-state index >= 15 is 0 Å². The third kappa shape index (κ3) is 2.54. The first-order chi connectivity index (χ1) is 11.8. The van der Waals surface area contributed by atoms with Gasteiger partial charge in [0.15, 0.2) is 11.6 Å². The number of nitrogens with zero attached hydrogens (tertiary/aromatic N) is 3. The molecule has 0 bridgehead atoms. The van der Waals surface area contributed by atoms with Gasteiger partial charge in [-0.15, -0.1) is 5.10 Å². The van der Waals surface area contributed by atoms with Crippen molar-refractivity contribution in [1.29, 1.82) is 0 Å². The number of para-hydroxylation sites is 2. The molecule has 0 spiro atoms. The average molecular weight is 313 g/mol. The van der Waals surface area contributed by atoms with Gasteiger partial charge in [-0.2, -0.15) is 0 Å². The predicted octanol–water partition coefficient (Wildman–Crippen LogP) is 4.31.